The van der Waals surface area contributed by atoms with Crippen LogP contribution < -0.4 is 10.6 Å². The van der Waals surface area contributed by atoms with E-state index in [1.165, 1.54) is 6.07 Å². The summed E-state index contributed by atoms with van der Waals surface area (Å²) in [4.78, 5) is 13.9. The maximum Gasteiger partial charge on any atom is 0.446 e. The van der Waals surface area contributed by atoms with E-state index >= 15 is 0 Å². The number of thioether (sulfide) groups is 1. The van der Waals surface area contributed by atoms with Crippen molar-refractivity contribution < 1.29 is 18.0 Å². The summed E-state index contributed by atoms with van der Waals surface area (Å²) in [6.45, 7) is 0. The minimum atomic E-state index is -4.37. The molecule has 16 heavy (non-hydrogen) atoms. The fraction of sp³-hybridized carbons (Fsp3) is 0.250. The topological polar surface area (TPSA) is 54.0 Å². The number of nitrogens with one attached hydrogen (secondary N) is 2. The van der Waals surface area contributed by atoms with Gasteiger partial charge in [-0.15, -0.1) is 0 Å². The highest BCUT2D eigenvalue weighted by Gasteiger charge is 2.29. The Morgan fingerprint density at radius 1 is 1.50 bits per heavy atom. The first kappa shape index (κ1) is 12.6. The molecule has 0 atom stereocenters. The van der Waals surface area contributed by atoms with Crippen molar-refractivity contribution in [2.24, 2.45) is 0 Å². The van der Waals surface area contributed by atoms with Gasteiger partial charge in [-0.2, -0.15) is 13.2 Å². The average Bonchev–Trinajstić information content (AvgIpc) is 2.16. The quantitative estimate of drug-likeness (QED) is 0.637. The lowest BCUT2D eigenvalue weighted by Gasteiger charge is -2.10. The molecule has 0 aliphatic rings. The number of amides is 1. The standard InChI is InChI=1S/C8H8F3N3OS/c1-12-7-6(14-4-15)2-5(3-13-7)16-8(9,10)11/h2-4H,1H3,(H,12,13)(H,14,15). The molecule has 1 heterocycles. The molecule has 0 aliphatic carbocycles. The fourth-order valence-corrected chi connectivity index (χ4v) is 1.56. The van der Waals surface area contributed by atoms with Crippen molar-refractivity contribution in [1.82, 2.24) is 4.98 Å². The van der Waals surface area contributed by atoms with Gasteiger partial charge in [0.25, 0.3) is 0 Å². The number of hydrogen-bond donors (Lipinski definition) is 2. The monoisotopic (exact) mass is 251 g/mol. The van der Waals surface area contributed by atoms with Crippen molar-refractivity contribution in [2.75, 3.05) is 17.7 Å². The number of rotatable bonds is 4. The van der Waals surface area contributed by atoms with Crippen LogP contribution in [0.5, 0.6) is 0 Å². The Bertz CT molecular complexity index is 383. The number of halogens is 3. The van der Waals surface area contributed by atoms with E-state index in [9.17, 15) is 18.0 Å². The van der Waals surface area contributed by atoms with Crippen LogP contribution in [0.25, 0.3) is 0 Å². The van der Waals surface area contributed by atoms with Crippen LogP contribution in [-0.2, 0) is 4.79 Å². The number of alkyl halides is 3. The molecule has 1 aromatic rings. The van der Waals surface area contributed by atoms with Gasteiger partial charge >= 0.3 is 5.51 Å². The molecule has 0 bridgehead atoms. The normalized spacial score (nSPS) is 11.0. The molecule has 0 fully saturated rings. The summed E-state index contributed by atoms with van der Waals surface area (Å²) in [6.07, 6.45) is 1.46. The van der Waals surface area contributed by atoms with Gasteiger partial charge in [0, 0.05) is 18.1 Å². The maximum atomic E-state index is 12.1. The van der Waals surface area contributed by atoms with Crippen LogP contribution in [0.15, 0.2) is 17.2 Å². The number of nitrogens with zero attached hydrogens (tertiary/aromatic N) is 1. The fourth-order valence-electron chi connectivity index (χ4n) is 1.01. The maximum absolute atomic E-state index is 12.1. The average molecular weight is 251 g/mol. The third-order valence-corrected chi connectivity index (χ3v) is 2.24. The van der Waals surface area contributed by atoms with Crippen molar-refractivity contribution in [3.8, 4) is 0 Å². The minimum absolute atomic E-state index is 0.0872. The van der Waals surface area contributed by atoms with E-state index in [2.05, 4.69) is 15.6 Å². The predicted molar refractivity (Wildman–Crippen MR) is 55.4 cm³/mol. The van der Waals surface area contributed by atoms with Gasteiger partial charge in [0.2, 0.25) is 6.41 Å². The van der Waals surface area contributed by atoms with Gasteiger partial charge in [0.05, 0.1) is 5.69 Å². The molecule has 2 N–H and O–H groups in total. The lowest BCUT2D eigenvalue weighted by atomic mass is 10.4. The van der Waals surface area contributed by atoms with E-state index in [0.29, 0.717) is 12.2 Å². The second-order valence-corrected chi connectivity index (χ2v) is 3.77. The Balaban J connectivity index is 2.97. The minimum Gasteiger partial charge on any atom is -0.371 e. The molecule has 0 aliphatic heterocycles. The second kappa shape index (κ2) is 5.06. The largest absolute Gasteiger partial charge is 0.446 e. The van der Waals surface area contributed by atoms with Gasteiger partial charge in [-0.25, -0.2) is 4.98 Å². The molecule has 0 unspecified atom stereocenters. The zero-order chi connectivity index (χ0) is 12.2. The molecule has 0 radical (unpaired) electrons. The molecule has 88 valence electrons. The number of carbonyl (C=O) groups is 1. The number of hydrogen-bond acceptors (Lipinski definition) is 4. The van der Waals surface area contributed by atoms with Crippen LogP contribution in [0.4, 0.5) is 24.7 Å². The van der Waals surface area contributed by atoms with Crippen molar-refractivity contribution in [2.45, 2.75) is 10.4 Å². The Morgan fingerprint density at radius 2 is 2.19 bits per heavy atom. The Labute approximate surface area is 93.6 Å². The number of carbonyl (C=O) groups excluding carboxylic acids is 1. The van der Waals surface area contributed by atoms with E-state index < -0.39 is 5.51 Å². The number of anilines is 2. The SMILES string of the molecule is CNc1ncc(SC(F)(F)F)cc1NC=O. The molecule has 1 rings (SSSR count). The number of pyridine rings is 1. The van der Waals surface area contributed by atoms with E-state index in [1.807, 2.05) is 0 Å². The highest BCUT2D eigenvalue weighted by atomic mass is 32.2. The van der Waals surface area contributed by atoms with Crippen LogP contribution in [0.3, 0.4) is 0 Å². The summed E-state index contributed by atoms with van der Waals surface area (Å²) in [7, 11) is 1.55. The van der Waals surface area contributed by atoms with Crippen LogP contribution >= 0.6 is 11.8 Å². The smallest absolute Gasteiger partial charge is 0.371 e. The van der Waals surface area contributed by atoms with E-state index in [0.717, 1.165) is 6.20 Å². The van der Waals surface area contributed by atoms with Gasteiger partial charge in [0.1, 0.15) is 5.82 Å². The van der Waals surface area contributed by atoms with E-state index in [4.69, 9.17) is 0 Å². The van der Waals surface area contributed by atoms with Gasteiger partial charge in [-0.3, -0.25) is 4.79 Å². The lowest BCUT2D eigenvalue weighted by molar-refractivity contribution is -0.105. The Kier molecular flexibility index (Phi) is 3.99. The molecule has 0 saturated carbocycles. The summed E-state index contributed by atoms with van der Waals surface area (Å²) < 4.78 is 36.2. The van der Waals surface area contributed by atoms with Crippen molar-refractivity contribution in [3.63, 3.8) is 0 Å². The van der Waals surface area contributed by atoms with E-state index in [1.54, 1.807) is 7.05 Å². The first-order valence-corrected chi connectivity index (χ1v) is 4.91. The van der Waals surface area contributed by atoms with Crippen molar-refractivity contribution in [3.05, 3.63) is 12.3 Å². The molecular weight excluding hydrogens is 243 g/mol. The summed E-state index contributed by atoms with van der Waals surface area (Å²) in [6, 6.07) is 1.20. The molecular formula is C8H8F3N3OS. The van der Waals surface area contributed by atoms with Gasteiger partial charge < -0.3 is 10.6 Å². The third-order valence-electron chi connectivity index (χ3n) is 1.55. The second-order valence-electron chi connectivity index (χ2n) is 2.63. The molecule has 0 saturated heterocycles. The predicted octanol–water partition coefficient (Wildman–Crippen LogP) is 2.30. The Morgan fingerprint density at radius 3 is 2.69 bits per heavy atom. The summed E-state index contributed by atoms with van der Waals surface area (Å²) in [5, 5.41) is 4.91. The van der Waals surface area contributed by atoms with Crippen LogP contribution in [0.2, 0.25) is 0 Å². The summed E-state index contributed by atoms with van der Waals surface area (Å²) in [5.41, 5.74) is -4.17. The molecule has 0 aromatic carbocycles. The Hall–Kier alpha value is -1.44. The summed E-state index contributed by atoms with van der Waals surface area (Å²) >= 11 is -0.286. The highest BCUT2D eigenvalue weighted by molar-refractivity contribution is 8.00. The zero-order valence-corrected chi connectivity index (χ0v) is 8.95. The molecule has 8 heteroatoms. The third kappa shape index (κ3) is 3.61. The first-order chi connectivity index (χ1) is 7.46. The highest BCUT2D eigenvalue weighted by Crippen LogP contribution is 2.38. The van der Waals surface area contributed by atoms with Gasteiger partial charge in [-0.05, 0) is 17.8 Å². The molecule has 4 nitrogen and oxygen atoms in total. The lowest BCUT2D eigenvalue weighted by Crippen LogP contribution is -2.04. The van der Waals surface area contributed by atoms with Crippen molar-refractivity contribution >= 4 is 29.7 Å². The molecule has 0 spiro atoms. The van der Waals surface area contributed by atoms with Crippen LogP contribution in [-0.4, -0.2) is 24.0 Å². The molecule has 1 amide bonds. The van der Waals surface area contributed by atoms with Crippen LogP contribution in [0.1, 0.15) is 0 Å². The zero-order valence-electron chi connectivity index (χ0n) is 8.13. The summed E-state index contributed by atoms with van der Waals surface area (Å²) in [5.74, 6) is 0.304. The van der Waals surface area contributed by atoms with Crippen LogP contribution in [0, 0.1) is 0 Å². The van der Waals surface area contributed by atoms with Gasteiger partial charge in [-0.1, -0.05) is 0 Å². The van der Waals surface area contributed by atoms with Gasteiger partial charge in [0.15, 0.2) is 0 Å². The first-order valence-electron chi connectivity index (χ1n) is 4.10. The number of aromatic nitrogens is 1. The van der Waals surface area contributed by atoms with E-state index in [-0.39, 0.29) is 22.3 Å². The van der Waals surface area contributed by atoms with Crippen molar-refractivity contribution in [1.29, 1.82) is 0 Å². The molecule has 1 aromatic heterocycles.